The van der Waals surface area contributed by atoms with E-state index in [0.717, 1.165) is 25.7 Å². The highest BCUT2D eigenvalue weighted by Gasteiger charge is 2.70. The van der Waals surface area contributed by atoms with Crippen molar-refractivity contribution in [1.82, 2.24) is 0 Å². The third-order valence-corrected chi connectivity index (χ3v) is 13.5. The molecule has 5 rings (SSSR count). The summed E-state index contributed by atoms with van der Waals surface area (Å²) in [6.45, 7) is 9.82. The van der Waals surface area contributed by atoms with Crippen LogP contribution in [0.1, 0.15) is 92.4 Å². The Morgan fingerprint density at radius 1 is 0.911 bits per heavy atom. The molecule has 45 heavy (non-hydrogen) atoms. The molecular formula is C32H56O12S. The molecule has 0 unspecified atom stereocenters. The van der Waals surface area contributed by atoms with E-state index in [1.165, 1.54) is 0 Å². The summed E-state index contributed by atoms with van der Waals surface area (Å²) in [5, 5.41) is 66.7. The maximum atomic E-state index is 12.5. The lowest BCUT2D eigenvalue weighted by Crippen LogP contribution is -2.68. The van der Waals surface area contributed by atoms with Crippen molar-refractivity contribution < 1.29 is 57.3 Å². The first-order valence-electron chi connectivity index (χ1n) is 16.9. The summed E-state index contributed by atoms with van der Waals surface area (Å²) in [5.41, 5.74) is -1.81. The van der Waals surface area contributed by atoms with Gasteiger partial charge >= 0.3 is 10.4 Å². The van der Waals surface area contributed by atoms with E-state index in [9.17, 15) is 39.1 Å². The van der Waals surface area contributed by atoms with Gasteiger partial charge in [-0.3, -0.25) is 4.55 Å². The second-order valence-electron chi connectivity index (χ2n) is 16.0. The summed E-state index contributed by atoms with van der Waals surface area (Å²) in [7, 11) is -4.74. The Kier molecular flexibility index (Phi) is 10.2. The first kappa shape index (κ1) is 35.8. The Morgan fingerprint density at radius 3 is 2.22 bits per heavy atom. The minimum atomic E-state index is -4.74. The average Bonchev–Trinajstić information content (AvgIpc) is 3.37. The van der Waals surface area contributed by atoms with Gasteiger partial charge in [-0.25, -0.2) is 4.18 Å². The third-order valence-electron chi connectivity index (χ3n) is 13.1. The van der Waals surface area contributed by atoms with Crippen LogP contribution in [0, 0.1) is 46.3 Å². The van der Waals surface area contributed by atoms with Gasteiger partial charge in [0.1, 0.15) is 18.3 Å². The molecule has 0 radical (unpaired) electrons. The van der Waals surface area contributed by atoms with Gasteiger partial charge in [-0.2, -0.15) is 8.42 Å². The summed E-state index contributed by atoms with van der Waals surface area (Å²) >= 11 is 0. The number of rotatable bonds is 10. The van der Waals surface area contributed by atoms with Crippen molar-refractivity contribution in [3.8, 4) is 0 Å². The van der Waals surface area contributed by atoms with Crippen molar-refractivity contribution in [3.63, 3.8) is 0 Å². The quantitative estimate of drug-likeness (QED) is 0.167. The van der Waals surface area contributed by atoms with Crippen LogP contribution < -0.4 is 0 Å². The highest BCUT2D eigenvalue weighted by atomic mass is 32.3. The molecule has 4 aliphatic carbocycles. The lowest BCUT2D eigenvalue weighted by molar-refractivity contribution is -0.263. The molecule has 0 spiro atoms. The predicted octanol–water partition coefficient (Wildman–Crippen LogP) is 1.79. The molecule has 0 aromatic heterocycles. The largest absolute Gasteiger partial charge is 0.397 e. The molecule has 5 fully saturated rings. The van der Waals surface area contributed by atoms with Crippen LogP contribution in [0.3, 0.4) is 0 Å². The molecule has 5 aliphatic rings. The second-order valence-corrected chi connectivity index (χ2v) is 17.1. The molecule has 12 nitrogen and oxygen atoms in total. The molecule has 0 aromatic carbocycles. The molecule has 1 heterocycles. The lowest BCUT2D eigenvalue weighted by atomic mass is 9.42. The summed E-state index contributed by atoms with van der Waals surface area (Å²) in [6, 6.07) is 0. The van der Waals surface area contributed by atoms with Crippen molar-refractivity contribution in [1.29, 1.82) is 0 Å². The van der Waals surface area contributed by atoms with Crippen molar-refractivity contribution in [2.24, 2.45) is 46.3 Å². The fraction of sp³-hybridized carbons (Fsp3) is 1.00. The zero-order chi connectivity index (χ0) is 33.3. The number of ether oxygens (including phenoxy) is 2. The van der Waals surface area contributed by atoms with Crippen LogP contribution in [0.5, 0.6) is 0 Å². The number of hydrogen-bond donors (Lipinski definition) is 7. The number of aliphatic hydroxyl groups excluding tert-OH is 5. The van der Waals surface area contributed by atoms with E-state index in [0.29, 0.717) is 25.7 Å². The van der Waals surface area contributed by atoms with Gasteiger partial charge < -0.3 is 40.1 Å². The molecule has 13 heteroatoms. The fourth-order valence-corrected chi connectivity index (χ4v) is 11.2. The molecule has 1 aliphatic heterocycles. The smallest absolute Gasteiger partial charge is 0.393 e. The standard InChI is InChI=1S/C32H56O12S/c1-16(2)23(43-29-27(37)26(36)24(44-29)15-42-45(39,40)41)7-6-17(3)19-13-21(34)28-31(19,5)11-9-25-30(4)10-8-18(33)12-20(30)22(35)14-32(25,28)38/h16-29,33-38H,6-15H2,1-5H3,(H,39,40,41)/t17-,18+,19-,20-,21-,22+,23+,24-,25+,26-,27+,28+,29+,30+,31-,32+/m1/s1. The summed E-state index contributed by atoms with van der Waals surface area (Å²) in [5.74, 6) is -0.158. The van der Waals surface area contributed by atoms with E-state index >= 15 is 0 Å². The lowest BCUT2D eigenvalue weighted by Gasteiger charge is -2.66. The van der Waals surface area contributed by atoms with Gasteiger partial charge in [-0.15, -0.1) is 0 Å². The maximum Gasteiger partial charge on any atom is 0.397 e. The Balaban J connectivity index is 1.25. The highest BCUT2D eigenvalue weighted by molar-refractivity contribution is 7.80. The van der Waals surface area contributed by atoms with E-state index < -0.39 is 65.5 Å². The van der Waals surface area contributed by atoms with Gasteiger partial charge in [-0.05, 0) is 91.8 Å². The van der Waals surface area contributed by atoms with Crippen molar-refractivity contribution in [2.45, 2.75) is 147 Å². The average molecular weight is 665 g/mol. The van der Waals surface area contributed by atoms with Crippen LogP contribution >= 0.6 is 0 Å². The van der Waals surface area contributed by atoms with Crippen LogP contribution in [0.2, 0.25) is 0 Å². The Labute approximate surface area is 267 Å². The van der Waals surface area contributed by atoms with Gasteiger partial charge in [0, 0.05) is 12.3 Å². The molecule has 0 bridgehead atoms. The number of hydrogen-bond acceptors (Lipinski definition) is 11. The number of aliphatic hydroxyl groups is 6. The third kappa shape index (κ3) is 6.50. The summed E-state index contributed by atoms with van der Waals surface area (Å²) < 4.78 is 46.8. The van der Waals surface area contributed by atoms with Crippen LogP contribution in [0.4, 0.5) is 0 Å². The Bertz CT molecular complexity index is 1150. The molecule has 0 aromatic rings. The second kappa shape index (κ2) is 12.8. The zero-order valence-electron chi connectivity index (χ0n) is 27.2. The first-order valence-corrected chi connectivity index (χ1v) is 18.2. The first-order chi connectivity index (χ1) is 20.8. The summed E-state index contributed by atoms with van der Waals surface area (Å²) in [4.78, 5) is 0. The van der Waals surface area contributed by atoms with Gasteiger partial charge in [0.2, 0.25) is 0 Å². The van der Waals surface area contributed by atoms with Gasteiger partial charge in [0.05, 0.1) is 36.6 Å². The zero-order valence-corrected chi connectivity index (χ0v) is 28.1. The monoisotopic (exact) mass is 664 g/mol. The number of fused-ring (bicyclic) bond motifs is 5. The van der Waals surface area contributed by atoms with E-state index in [1.54, 1.807) is 0 Å². The fourth-order valence-electron chi connectivity index (χ4n) is 10.9. The maximum absolute atomic E-state index is 12.5. The molecule has 262 valence electrons. The molecular weight excluding hydrogens is 608 g/mol. The normalized spacial score (nSPS) is 49.8. The van der Waals surface area contributed by atoms with Gasteiger partial charge in [-0.1, -0.05) is 34.6 Å². The van der Waals surface area contributed by atoms with Crippen LogP contribution in [-0.4, -0.2) is 105 Å². The van der Waals surface area contributed by atoms with Crippen molar-refractivity contribution >= 4 is 10.4 Å². The summed E-state index contributed by atoms with van der Waals surface area (Å²) in [6.07, 6.45) is -1.73. The molecule has 16 atom stereocenters. The highest BCUT2D eigenvalue weighted by Crippen LogP contribution is 2.69. The Morgan fingerprint density at radius 2 is 1.58 bits per heavy atom. The van der Waals surface area contributed by atoms with E-state index in [2.05, 4.69) is 25.0 Å². The minimum absolute atomic E-state index is 0.0262. The topological polar surface area (TPSA) is 203 Å². The van der Waals surface area contributed by atoms with Gasteiger partial charge in [0.25, 0.3) is 0 Å². The molecule has 1 saturated heterocycles. The SMILES string of the molecule is CC(C)[C@H](CC[C@@H](C)[C@H]1C[C@@H](O)[C@H]2[C@]1(C)CC[C@H]1[C@@]3(C)CC[C@H](O)C[C@@H]3[C@@H](O)C[C@]12O)O[C@H]1O[C@H](COS(=O)(=O)O)[C@@H](O)[C@@H]1O. The van der Waals surface area contributed by atoms with Crippen LogP contribution in [-0.2, 0) is 24.1 Å². The van der Waals surface area contributed by atoms with Crippen molar-refractivity contribution in [3.05, 3.63) is 0 Å². The van der Waals surface area contributed by atoms with Crippen molar-refractivity contribution in [2.75, 3.05) is 6.61 Å². The van der Waals surface area contributed by atoms with E-state index in [1.807, 2.05) is 13.8 Å². The molecule has 0 amide bonds. The minimum Gasteiger partial charge on any atom is -0.393 e. The van der Waals surface area contributed by atoms with E-state index in [-0.39, 0.29) is 58.9 Å². The van der Waals surface area contributed by atoms with E-state index in [4.69, 9.17) is 14.0 Å². The van der Waals surface area contributed by atoms with Gasteiger partial charge in [0.15, 0.2) is 6.29 Å². The Hall–Kier alpha value is -0.450. The molecule has 7 N–H and O–H groups in total. The predicted molar refractivity (Wildman–Crippen MR) is 162 cm³/mol. The molecule has 4 saturated carbocycles. The van der Waals surface area contributed by atoms with Crippen LogP contribution in [0.15, 0.2) is 0 Å². The van der Waals surface area contributed by atoms with Crippen LogP contribution in [0.25, 0.3) is 0 Å².